The van der Waals surface area contributed by atoms with E-state index in [9.17, 15) is 4.79 Å². The lowest BCUT2D eigenvalue weighted by Crippen LogP contribution is -2.47. The molecule has 0 aliphatic carbocycles. The molecule has 5 heteroatoms. The Kier molecular flexibility index (Phi) is 1.66. The van der Waals surface area contributed by atoms with Gasteiger partial charge in [-0.1, -0.05) is 0 Å². The summed E-state index contributed by atoms with van der Waals surface area (Å²) in [6.07, 6.45) is 1.53. The normalized spacial score (nSPS) is 18.0. The van der Waals surface area contributed by atoms with Crippen LogP contribution in [0, 0.1) is 0 Å². The van der Waals surface area contributed by atoms with Gasteiger partial charge in [0.05, 0.1) is 0 Å². The van der Waals surface area contributed by atoms with E-state index in [2.05, 4.69) is 16.4 Å². The van der Waals surface area contributed by atoms with Gasteiger partial charge in [-0.3, -0.25) is 4.79 Å². The number of hydrogen-bond donors (Lipinski definition) is 4. The first kappa shape index (κ1) is 6.06. The van der Waals surface area contributed by atoms with Crippen molar-refractivity contribution in [1.29, 1.82) is 0 Å². The summed E-state index contributed by atoms with van der Waals surface area (Å²) in [7, 11) is 0. The van der Waals surface area contributed by atoms with E-state index in [0.717, 1.165) is 0 Å². The highest BCUT2D eigenvalue weighted by atomic mass is 16.1. The van der Waals surface area contributed by atoms with E-state index in [1.165, 1.54) is 6.20 Å². The number of hydrogen-bond acceptors (Lipinski definition) is 4. The number of carbonyl (C=O) groups excluding carboxylic acids is 1. The summed E-state index contributed by atoms with van der Waals surface area (Å²) in [6, 6.07) is 0. The predicted molar refractivity (Wildman–Crippen MR) is 31.6 cm³/mol. The first-order valence-electron chi connectivity index (χ1n) is 2.53. The first-order valence-corrected chi connectivity index (χ1v) is 2.53. The van der Waals surface area contributed by atoms with Crippen molar-refractivity contribution in [2.45, 2.75) is 0 Å². The summed E-state index contributed by atoms with van der Waals surface area (Å²) in [5, 5.41) is 0. The molecule has 0 bridgehead atoms. The van der Waals surface area contributed by atoms with Crippen LogP contribution in [0.5, 0.6) is 0 Å². The van der Waals surface area contributed by atoms with Gasteiger partial charge in [-0.25, -0.2) is 5.43 Å². The second-order valence-corrected chi connectivity index (χ2v) is 1.66. The van der Waals surface area contributed by atoms with Crippen molar-refractivity contribution in [3.63, 3.8) is 0 Å². The highest BCUT2D eigenvalue weighted by Gasteiger charge is 2.05. The zero-order valence-electron chi connectivity index (χ0n) is 4.77. The van der Waals surface area contributed by atoms with E-state index >= 15 is 0 Å². The molecule has 0 atom stereocenters. The van der Waals surface area contributed by atoms with Crippen molar-refractivity contribution in [3.8, 4) is 0 Å². The molecule has 0 unspecified atom stereocenters. The molecule has 50 valence electrons. The lowest BCUT2D eigenvalue weighted by Gasteiger charge is -2.13. The Balaban J connectivity index is 2.57. The van der Waals surface area contributed by atoms with Crippen LogP contribution >= 0.6 is 0 Å². The molecular weight excluding hydrogens is 120 g/mol. The Hall–Kier alpha value is -1.07. The van der Waals surface area contributed by atoms with Gasteiger partial charge >= 0.3 is 0 Å². The molecule has 0 aromatic carbocycles. The minimum Gasteiger partial charge on any atom is -0.366 e. The van der Waals surface area contributed by atoms with Crippen LogP contribution in [0.4, 0.5) is 0 Å². The van der Waals surface area contributed by atoms with Crippen molar-refractivity contribution in [1.82, 2.24) is 16.4 Å². The smallest absolute Gasteiger partial charge is 0.247 e. The molecule has 1 heterocycles. The standard InChI is InChI=1S/C4H8N4O/c5-4(9)3-1-6-8-7-2-3/h1,6-8H,2H2,(H2,5,9). The average molecular weight is 128 g/mol. The fraction of sp³-hybridized carbons (Fsp3) is 0.250. The zero-order chi connectivity index (χ0) is 6.69. The molecular formula is C4H8N4O. The molecule has 1 aliphatic rings. The largest absolute Gasteiger partial charge is 0.366 e. The Morgan fingerprint density at radius 2 is 2.56 bits per heavy atom. The van der Waals surface area contributed by atoms with Gasteiger partial charge in [-0.05, 0) is 0 Å². The number of nitrogens with two attached hydrogens (primary N) is 1. The molecule has 0 saturated carbocycles. The molecule has 0 spiro atoms. The van der Waals surface area contributed by atoms with Crippen LogP contribution in [-0.2, 0) is 4.79 Å². The first-order chi connectivity index (χ1) is 4.30. The van der Waals surface area contributed by atoms with Crippen LogP contribution in [0.25, 0.3) is 0 Å². The topological polar surface area (TPSA) is 79.2 Å². The van der Waals surface area contributed by atoms with Gasteiger partial charge in [-0.2, -0.15) is 5.53 Å². The molecule has 0 aromatic heterocycles. The Labute approximate surface area is 52.2 Å². The van der Waals surface area contributed by atoms with Crippen LogP contribution in [0.15, 0.2) is 11.8 Å². The number of amides is 1. The molecule has 1 rings (SSSR count). The number of rotatable bonds is 1. The molecule has 0 saturated heterocycles. The number of primary amides is 1. The molecule has 1 amide bonds. The van der Waals surface area contributed by atoms with E-state index in [1.807, 2.05) is 0 Å². The summed E-state index contributed by atoms with van der Waals surface area (Å²) in [4.78, 5) is 10.4. The van der Waals surface area contributed by atoms with E-state index < -0.39 is 5.91 Å². The molecule has 0 fully saturated rings. The van der Waals surface area contributed by atoms with Gasteiger partial charge in [0.1, 0.15) is 0 Å². The molecule has 9 heavy (non-hydrogen) atoms. The van der Waals surface area contributed by atoms with Crippen molar-refractivity contribution < 1.29 is 4.79 Å². The predicted octanol–water partition coefficient (Wildman–Crippen LogP) is -2.03. The molecule has 5 nitrogen and oxygen atoms in total. The Bertz CT molecular complexity index is 153. The number of hydrazine groups is 2. The summed E-state index contributed by atoms with van der Waals surface area (Å²) >= 11 is 0. The van der Waals surface area contributed by atoms with Crippen LogP contribution in [-0.4, -0.2) is 12.5 Å². The Morgan fingerprint density at radius 1 is 1.78 bits per heavy atom. The second kappa shape index (κ2) is 2.47. The minimum absolute atomic E-state index is 0.406. The summed E-state index contributed by atoms with van der Waals surface area (Å²) in [5.74, 6) is -0.406. The maximum absolute atomic E-state index is 10.4. The Morgan fingerprint density at radius 3 is 2.89 bits per heavy atom. The molecule has 0 aromatic rings. The quantitative estimate of drug-likeness (QED) is 0.328. The van der Waals surface area contributed by atoms with Gasteiger partial charge in [0, 0.05) is 18.3 Å². The SMILES string of the molecule is NC(=O)C1=CNNNC1. The third-order valence-corrected chi connectivity index (χ3v) is 1.00. The average Bonchev–Trinajstić information content (AvgIpc) is 1.90. The van der Waals surface area contributed by atoms with Crippen LogP contribution in [0.2, 0.25) is 0 Å². The van der Waals surface area contributed by atoms with E-state index in [1.54, 1.807) is 0 Å². The minimum atomic E-state index is -0.406. The van der Waals surface area contributed by atoms with Gasteiger partial charge in [0.25, 0.3) is 0 Å². The van der Waals surface area contributed by atoms with Gasteiger partial charge in [0.2, 0.25) is 5.91 Å². The molecule has 1 aliphatic heterocycles. The third kappa shape index (κ3) is 1.41. The van der Waals surface area contributed by atoms with Crippen molar-refractivity contribution in [2.24, 2.45) is 5.73 Å². The van der Waals surface area contributed by atoms with E-state index in [-0.39, 0.29) is 0 Å². The zero-order valence-corrected chi connectivity index (χ0v) is 4.77. The summed E-state index contributed by atoms with van der Waals surface area (Å²) in [6.45, 7) is 0.461. The van der Waals surface area contributed by atoms with Gasteiger partial charge in [0.15, 0.2) is 0 Å². The van der Waals surface area contributed by atoms with E-state index in [4.69, 9.17) is 5.73 Å². The highest BCUT2D eigenvalue weighted by Crippen LogP contribution is 1.88. The highest BCUT2D eigenvalue weighted by molar-refractivity contribution is 5.92. The fourth-order valence-corrected chi connectivity index (χ4v) is 0.523. The van der Waals surface area contributed by atoms with Crippen molar-refractivity contribution in [2.75, 3.05) is 6.54 Å². The van der Waals surface area contributed by atoms with Crippen LogP contribution in [0.3, 0.4) is 0 Å². The summed E-state index contributed by atoms with van der Waals surface area (Å²) < 4.78 is 0. The summed E-state index contributed by atoms with van der Waals surface area (Å²) in [5.41, 5.74) is 13.4. The van der Waals surface area contributed by atoms with Crippen molar-refractivity contribution >= 4 is 5.91 Å². The van der Waals surface area contributed by atoms with E-state index in [0.29, 0.717) is 12.1 Å². The van der Waals surface area contributed by atoms with Gasteiger partial charge < -0.3 is 11.2 Å². The monoisotopic (exact) mass is 128 g/mol. The third-order valence-electron chi connectivity index (χ3n) is 1.00. The lowest BCUT2D eigenvalue weighted by molar-refractivity contribution is -0.114. The fourth-order valence-electron chi connectivity index (χ4n) is 0.523. The maximum atomic E-state index is 10.4. The van der Waals surface area contributed by atoms with Crippen LogP contribution in [0.1, 0.15) is 0 Å². The van der Waals surface area contributed by atoms with Crippen LogP contribution < -0.4 is 22.1 Å². The number of carbonyl (C=O) groups is 1. The van der Waals surface area contributed by atoms with Crippen molar-refractivity contribution in [3.05, 3.63) is 11.8 Å². The lowest BCUT2D eigenvalue weighted by atomic mass is 10.3. The van der Waals surface area contributed by atoms with Gasteiger partial charge in [-0.15, -0.1) is 0 Å². The molecule has 5 N–H and O–H groups in total. The second-order valence-electron chi connectivity index (χ2n) is 1.66. The number of nitrogens with one attached hydrogen (secondary N) is 3. The molecule has 0 radical (unpaired) electrons. The maximum Gasteiger partial charge on any atom is 0.247 e.